The quantitative estimate of drug-likeness (QED) is 0.541. The van der Waals surface area contributed by atoms with Crippen LogP contribution in [0.2, 0.25) is 5.02 Å². The molecule has 33 heavy (non-hydrogen) atoms. The number of carbonyl (C=O) groups excluding carboxylic acids is 2. The van der Waals surface area contributed by atoms with Gasteiger partial charge in [-0.1, -0.05) is 17.7 Å². The van der Waals surface area contributed by atoms with E-state index in [1.54, 1.807) is 30.3 Å². The van der Waals surface area contributed by atoms with Gasteiger partial charge in [0.1, 0.15) is 23.4 Å². The molecular formula is C24H21ClFN3O4. The molecule has 0 radical (unpaired) electrons. The number of aryl methyl sites for hydroxylation is 1. The smallest absolute Gasteiger partial charge is 0.243 e. The Morgan fingerprint density at radius 3 is 2.79 bits per heavy atom. The molecule has 0 aliphatic carbocycles. The van der Waals surface area contributed by atoms with Crippen molar-refractivity contribution in [2.24, 2.45) is 0 Å². The Labute approximate surface area is 194 Å². The van der Waals surface area contributed by atoms with Crippen LogP contribution in [0.15, 0.2) is 54.7 Å². The van der Waals surface area contributed by atoms with E-state index in [0.717, 1.165) is 29.7 Å². The maximum atomic E-state index is 13.4. The molecule has 9 heteroatoms. The normalized spacial score (nSPS) is 14.6. The van der Waals surface area contributed by atoms with Gasteiger partial charge in [-0.2, -0.15) is 0 Å². The first-order valence-corrected chi connectivity index (χ1v) is 10.7. The van der Waals surface area contributed by atoms with E-state index >= 15 is 0 Å². The zero-order chi connectivity index (χ0) is 23.4. The standard InChI is InChI=1S/C24H21ClFN3O4/c1-14(30)27-13-23(31)29-17-4-9-24(28-12-17)32-18-5-8-22-15(10-18)3-7-21(33-22)16-2-6-20(26)19(25)11-16/h2,4-6,8-12,21H,3,7,13H2,1H3,(H,27,30)(H,29,31). The van der Waals surface area contributed by atoms with E-state index in [4.69, 9.17) is 21.1 Å². The summed E-state index contributed by atoms with van der Waals surface area (Å²) >= 11 is 5.90. The van der Waals surface area contributed by atoms with Gasteiger partial charge in [-0.15, -0.1) is 0 Å². The van der Waals surface area contributed by atoms with Gasteiger partial charge < -0.3 is 20.1 Å². The van der Waals surface area contributed by atoms with E-state index in [0.29, 0.717) is 17.3 Å². The Kier molecular flexibility index (Phi) is 6.74. The fourth-order valence-electron chi connectivity index (χ4n) is 3.42. The summed E-state index contributed by atoms with van der Waals surface area (Å²) in [4.78, 5) is 26.8. The van der Waals surface area contributed by atoms with E-state index in [1.807, 2.05) is 12.1 Å². The first kappa shape index (κ1) is 22.5. The second-order valence-corrected chi connectivity index (χ2v) is 7.94. The molecule has 170 valence electrons. The summed E-state index contributed by atoms with van der Waals surface area (Å²) in [5.74, 6) is 0.632. The van der Waals surface area contributed by atoms with Crippen LogP contribution in [0.25, 0.3) is 0 Å². The number of hydrogen-bond donors (Lipinski definition) is 2. The van der Waals surface area contributed by atoms with Crippen LogP contribution in [0.1, 0.15) is 30.6 Å². The lowest BCUT2D eigenvalue weighted by Crippen LogP contribution is -2.31. The Balaban J connectivity index is 1.37. The lowest BCUT2D eigenvalue weighted by Gasteiger charge is -2.27. The van der Waals surface area contributed by atoms with Crippen molar-refractivity contribution in [2.75, 3.05) is 11.9 Å². The molecule has 1 aromatic heterocycles. The number of amides is 2. The minimum atomic E-state index is -0.451. The number of pyridine rings is 1. The number of benzene rings is 2. The summed E-state index contributed by atoms with van der Waals surface area (Å²) in [6.45, 7) is 1.23. The van der Waals surface area contributed by atoms with Gasteiger partial charge in [0.25, 0.3) is 0 Å². The van der Waals surface area contributed by atoms with E-state index in [2.05, 4.69) is 15.6 Å². The number of aromatic nitrogens is 1. The molecular weight excluding hydrogens is 449 g/mol. The second-order valence-electron chi connectivity index (χ2n) is 7.53. The van der Waals surface area contributed by atoms with Crippen LogP contribution in [-0.4, -0.2) is 23.3 Å². The summed E-state index contributed by atoms with van der Waals surface area (Å²) in [6, 6.07) is 13.4. The molecule has 0 spiro atoms. The van der Waals surface area contributed by atoms with Crippen LogP contribution >= 0.6 is 11.6 Å². The van der Waals surface area contributed by atoms with Gasteiger partial charge in [-0.3, -0.25) is 9.59 Å². The summed E-state index contributed by atoms with van der Waals surface area (Å²) in [5, 5.41) is 5.14. The highest BCUT2D eigenvalue weighted by Gasteiger charge is 2.22. The van der Waals surface area contributed by atoms with E-state index in [1.165, 1.54) is 19.2 Å². The average Bonchev–Trinajstić information content (AvgIpc) is 2.80. The van der Waals surface area contributed by atoms with Gasteiger partial charge in [0.15, 0.2) is 0 Å². The summed E-state index contributed by atoms with van der Waals surface area (Å²) in [7, 11) is 0. The van der Waals surface area contributed by atoms with Crippen molar-refractivity contribution in [3.05, 3.63) is 76.7 Å². The second kappa shape index (κ2) is 9.87. The number of hydrogen-bond acceptors (Lipinski definition) is 5. The molecule has 1 aliphatic heterocycles. The van der Waals surface area contributed by atoms with Gasteiger partial charge in [-0.25, -0.2) is 9.37 Å². The zero-order valence-electron chi connectivity index (χ0n) is 17.7. The lowest BCUT2D eigenvalue weighted by atomic mass is 9.97. The maximum absolute atomic E-state index is 13.4. The van der Waals surface area contributed by atoms with Crippen molar-refractivity contribution in [1.29, 1.82) is 0 Å². The average molecular weight is 470 g/mol. The fourth-order valence-corrected chi connectivity index (χ4v) is 3.61. The van der Waals surface area contributed by atoms with Crippen LogP contribution in [0.3, 0.4) is 0 Å². The first-order valence-electron chi connectivity index (χ1n) is 10.3. The molecule has 2 heterocycles. The zero-order valence-corrected chi connectivity index (χ0v) is 18.5. The van der Waals surface area contributed by atoms with E-state index < -0.39 is 5.82 Å². The third kappa shape index (κ3) is 5.78. The molecule has 1 aliphatic rings. The maximum Gasteiger partial charge on any atom is 0.243 e. The van der Waals surface area contributed by atoms with Gasteiger partial charge in [-0.05, 0) is 60.4 Å². The predicted molar refractivity (Wildman–Crippen MR) is 121 cm³/mol. The summed E-state index contributed by atoms with van der Waals surface area (Å²) < 4.78 is 25.4. The number of rotatable bonds is 6. The van der Waals surface area contributed by atoms with Crippen molar-refractivity contribution in [1.82, 2.24) is 10.3 Å². The monoisotopic (exact) mass is 469 g/mol. The van der Waals surface area contributed by atoms with Crippen LogP contribution in [0, 0.1) is 5.82 Å². The van der Waals surface area contributed by atoms with Crippen molar-refractivity contribution in [3.63, 3.8) is 0 Å². The third-order valence-electron chi connectivity index (χ3n) is 5.03. The number of nitrogens with one attached hydrogen (secondary N) is 2. The van der Waals surface area contributed by atoms with E-state index in [-0.39, 0.29) is 29.5 Å². The number of fused-ring (bicyclic) bond motifs is 1. The highest BCUT2D eigenvalue weighted by molar-refractivity contribution is 6.30. The Bertz CT molecular complexity index is 1190. The molecule has 0 saturated carbocycles. The number of nitrogens with zero attached hydrogens (tertiary/aromatic N) is 1. The summed E-state index contributed by atoms with van der Waals surface area (Å²) in [6.07, 6.45) is 2.76. The number of halogens is 2. The van der Waals surface area contributed by atoms with Crippen LogP contribution in [0.4, 0.5) is 10.1 Å². The van der Waals surface area contributed by atoms with Gasteiger partial charge in [0, 0.05) is 13.0 Å². The Morgan fingerprint density at radius 2 is 2.06 bits per heavy atom. The van der Waals surface area contributed by atoms with E-state index in [9.17, 15) is 14.0 Å². The van der Waals surface area contributed by atoms with Crippen LogP contribution < -0.4 is 20.1 Å². The highest BCUT2D eigenvalue weighted by atomic mass is 35.5. The van der Waals surface area contributed by atoms with Gasteiger partial charge >= 0.3 is 0 Å². The molecule has 3 aromatic rings. The van der Waals surface area contributed by atoms with Crippen molar-refractivity contribution >= 4 is 29.1 Å². The lowest BCUT2D eigenvalue weighted by molar-refractivity contribution is -0.122. The molecule has 1 atom stereocenters. The fraction of sp³-hybridized carbons (Fsp3) is 0.208. The molecule has 2 amide bonds. The highest BCUT2D eigenvalue weighted by Crippen LogP contribution is 2.38. The number of carbonyl (C=O) groups is 2. The molecule has 0 bridgehead atoms. The third-order valence-corrected chi connectivity index (χ3v) is 5.32. The van der Waals surface area contributed by atoms with Gasteiger partial charge in [0.2, 0.25) is 17.7 Å². The molecule has 7 nitrogen and oxygen atoms in total. The predicted octanol–water partition coefficient (Wildman–Crippen LogP) is 4.81. The van der Waals surface area contributed by atoms with Crippen LogP contribution in [-0.2, 0) is 16.0 Å². The minimum absolute atomic E-state index is 0.0801. The molecule has 0 fully saturated rings. The topological polar surface area (TPSA) is 89.6 Å². The Hall–Kier alpha value is -3.65. The number of anilines is 1. The van der Waals surface area contributed by atoms with Crippen molar-refractivity contribution in [2.45, 2.75) is 25.9 Å². The van der Waals surface area contributed by atoms with Crippen molar-refractivity contribution in [3.8, 4) is 17.4 Å². The largest absolute Gasteiger partial charge is 0.485 e. The number of ether oxygens (including phenoxy) is 2. The summed E-state index contributed by atoms with van der Waals surface area (Å²) in [5.41, 5.74) is 2.32. The van der Waals surface area contributed by atoms with Crippen LogP contribution in [0.5, 0.6) is 17.4 Å². The molecule has 2 N–H and O–H groups in total. The van der Waals surface area contributed by atoms with Crippen molar-refractivity contribution < 1.29 is 23.5 Å². The Morgan fingerprint density at radius 1 is 1.21 bits per heavy atom. The first-order chi connectivity index (χ1) is 15.9. The molecule has 0 saturated heterocycles. The molecule has 4 rings (SSSR count). The molecule has 1 unspecified atom stereocenters. The molecule has 2 aromatic carbocycles. The minimum Gasteiger partial charge on any atom is -0.485 e. The SMILES string of the molecule is CC(=O)NCC(=O)Nc1ccc(Oc2ccc3c(c2)CCC(c2ccc(F)c(Cl)c2)O3)nc1. The van der Waals surface area contributed by atoms with Gasteiger partial charge in [0.05, 0.1) is 23.5 Å².